The third-order valence-corrected chi connectivity index (χ3v) is 6.39. The van der Waals surface area contributed by atoms with Crippen LogP contribution in [0.1, 0.15) is 59.8 Å². The molecule has 4 aliphatic rings. The zero-order chi connectivity index (χ0) is 15.7. The predicted octanol–water partition coefficient (Wildman–Crippen LogP) is 2.26. The van der Waals surface area contributed by atoms with Crippen molar-refractivity contribution >= 4 is 0 Å². The summed E-state index contributed by atoms with van der Waals surface area (Å²) >= 11 is 0. The average molecular weight is 298 g/mol. The quantitative estimate of drug-likeness (QED) is 0.836. The summed E-state index contributed by atoms with van der Waals surface area (Å²) < 4.78 is 12.6. The molecule has 4 bridgehead atoms. The van der Waals surface area contributed by atoms with E-state index in [9.17, 15) is 10.2 Å². The van der Waals surface area contributed by atoms with E-state index in [2.05, 4.69) is 13.8 Å². The van der Waals surface area contributed by atoms with Gasteiger partial charge in [0.15, 0.2) is 0 Å². The molecule has 2 N–H and O–H groups in total. The standard InChI is InChI=1S/C17H30O4/c1-14(2,19)8-9-17-13(18)11-6-7-16(17,20-5)12(10-11)15(3,4)21-17/h11-13,18-19H,6-10H2,1-5H3/t11-,12+,13-,16-,17+/m0/s1. The van der Waals surface area contributed by atoms with E-state index in [4.69, 9.17) is 9.47 Å². The van der Waals surface area contributed by atoms with E-state index < -0.39 is 22.9 Å². The van der Waals surface area contributed by atoms with Gasteiger partial charge in [-0.25, -0.2) is 0 Å². The van der Waals surface area contributed by atoms with E-state index in [1.807, 2.05) is 13.8 Å². The molecule has 0 radical (unpaired) electrons. The molecular formula is C17H30O4. The fraction of sp³-hybridized carbons (Fsp3) is 1.00. The van der Waals surface area contributed by atoms with Crippen molar-refractivity contribution in [2.45, 2.75) is 88.3 Å². The number of hydrogen-bond acceptors (Lipinski definition) is 4. The molecule has 3 aliphatic carbocycles. The monoisotopic (exact) mass is 298 g/mol. The van der Waals surface area contributed by atoms with Gasteiger partial charge in [-0.2, -0.15) is 0 Å². The van der Waals surface area contributed by atoms with Gasteiger partial charge in [0.1, 0.15) is 11.2 Å². The first-order valence-corrected chi connectivity index (χ1v) is 8.24. The first-order valence-electron chi connectivity index (χ1n) is 8.24. The third kappa shape index (κ3) is 1.95. The zero-order valence-corrected chi connectivity index (χ0v) is 14.0. The van der Waals surface area contributed by atoms with Gasteiger partial charge in [-0.3, -0.25) is 0 Å². The Kier molecular flexibility index (Phi) is 3.32. The lowest BCUT2D eigenvalue weighted by Crippen LogP contribution is -2.70. The highest BCUT2D eigenvalue weighted by atomic mass is 16.6. The molecule has 0 aromatic carbocycles. The lowest BCUT2D eigenvalue weighted by Gasteiger charge is -2.59. The normalized spacial score (nSPS) is 47.9. The molecule has 3 saturated carbocycles. The van der Waals surface area contributed by atoms with Crippen LogP contribution in [-0.2, 0) is 9.47 Å². The molecule has 1 heterocycles. The van der Waals surface area contributed by atoms with Crippen LogP contribution in [0, 0.1) is 11.8 Å². The number of rotatable bonds is 4. The molecule has 0 spiro atoms. The Hall–Kier alpha value is -0.160. The predicted molar refractivity (Wildman–Crippen MR) is 80.0 cm³/mol. The highest BCUT2D eigenvalue weighted by Gasteiger charge is 2.76. The number of hydrogen-bond donors (Lipinski definition) is 2. The molecule has 1 aliphatic heterocycles. The van der Waals surface area contributed by atoms with Crippen molar-refractivity contribution in [3.63, 3.8) is 0 Å². The van der Waals surface area contributed by atoms with Crippen molar-refractivity contribution in [1.82, 2.24) is 0 Å². The van der Waals surface area contributed by atoms with Crippen molar-refractivity contribution in [1.29, 1.82) is 0 Å². The van der Waals surface area contributed by atoms with Crippen LogP contribution in [0.15, 0.2) is 0 Å². The maximum Gasteiger partial charge on any atom is 0.124 e. The van der Waals surface area contributed by atoms with Crippen LogP contribution in [0.25, 0.3) is 0 Å². The number of aliphatic hydroxyl groups excluding tert-OH is 1. The van der Waals surface area contributed by atoms with Crippen molar-refractivity contribution < 1.29 is 19.7 Å². The number of fused-ring (bicyclic) bond motifs is 1. The summed E-state index contributed by atoms with van der Waals surface area (Å²) in [5.41, 5.74) is -2.12. The lowest BCUT2D eigenvalue weighted by molar-refractivity contribution is -0.263. The molecule has 4 rings (SSSR count). The second-order valence-electron chi connectivity index (χ2n) is 8.53. The Balaban J connectivity index is 2.02. The van der Waals surface area contributed by atoms with Gasteiger partial charge < -0.3 is 19.7 Å². The largest absolute Gasteiger partial charge is 0.390 e. The van der Waals surface area contributed by atoms with Crippen LogP contribution in [0.5, 0.6) is 0 Å². The number of methoxy groups -OCH3 is 1. The first kappa shape index (κ1) is 15.7. The molecule has 21 heavy (non-hydrogen) atoms. The van der Waals surface area contributed by atoms with Gasteiger partial charge >= 0.3 is 0 Å². The van der Waals surface area contributed by atoms with Crippen molar-refractivity contribution in [3.05, 3.63) is 0 Å². The molecule has 0 unspecified atom stereocenters. The van der Waals surface area contributed by atoms with E-state index in [-0.39, 0.29) is 5.60 Å². The summed E-state index contributed by atoms with van der Waals surface area (Å²) in [7, 11) is 1.76. The van der Waals surface area contributed by atoms with Crippen LogP contribution in [0.2, 0.25) is 0 Å². The van der Waals surface area contributed by atoms with E-state index in [0.29, 0.717) is 24.7 Å². The summed E-state index contributed by atoms with van der Waals surface area (Å²) in [6.07, 6.45) is 3.69. The number of aliphatic hydroxyl groups is 2. The van der Waals surface area contributed by atoms with Crippen molar-refractivity contribution in [2.75, 3.05) is 7.11 Å². The van der Waals surface area contributed by atoms with E-state index in [1.54, 1.807) is 7.11 Å². The number of ether oxygens (including phenoxy) is 2. The molecule has 0 aromatic heterocycles. The van der Waals surface area contributed by atoms with Crippen LogP contribution in [0.3, 0.4) is 0 Å². The second kappa shape index (κ2) is 4.44. The van der Waals surface area contributed by atoms with Gasteiger partial charge in [0, 0.05) is 13.0 Å². The summed E-state index contributed by atoms with van der Waals surface area (Å²) in [5.74, 6) is 0.620. The Bertz CT molecular complexity index is 427. The minimum absolute atomic E-state index is 0.286. The van der Waals surface area contributed by atoms with Crippen molar-refractivity contribution in [2.24, 2.45) is 11.8 Å². The molecule has 4 heteroatoms. The average Bonchev–Trinajstić information content (AvgIpc) is 2.56. The topological polar surface area (TPSA) is 58.9 Å². The molecule has 5 atom stereocenters. The maximum absolute atomic E-state index is 11.0. The third-order valence-electron chi connectivity index (χ3n) is 6.39. The summed E-state index contributed by atoms with van der Waals surface area (Å²) in [5, 5.41) is 21.1. The Labute approximate surface area is 127 Å². The SMILES string of the molecule is CO[C@@]12CC[C@H]3C[C@@H]1C(C)(C)O[C@]2(CCC(C)(C)O)[C@H]3O. The van der Waals surface area contributed by atoms with Crippen LogP contribution in [-0.4, -0.2) is 45.8 Å². The Morgan fingerprint density at radius 3 is 2.57 bits per heavy atom. The highest BCUT2D eigenvalue weighted by molar-refractivity contribution is 5.26. The first-order chi connectivity index (χ1) is 9.58. The minimum atomic E-state index is -0.758. The molecule has 4 fully saturated rings. The summed E-state index contributed by atoms with van der Waals surface area (Å²) in [4.78, 5) is 0. The fourth-order valence-electron chi connectivity index (χ4n) is 5.46. The Morgan fingerprint density at radius 1 is 1.33 bits per heavy atom. The minimum Gasteiger partial charge on any atom is -0.390 e. The van der Waals surface area contributed by atoms with E-state index in [1.165, 1.54) is 0 Å². The van der Waals surface area contributed by atoms with E-state index >= 15 is 0 Å². The highest BCUT2D eigenvalue weighted by Crippen LogP contribution is 2.67. The zero-order valence-electron chi connectivity index (χ0n) is 14.0. The summed E-state index contributed by atoms with van der Waals surface area (Å²) in [6, 6.07) is 0. The second-order valence-corrected chi connectivity index (χ2v) is 8.53. The summed E-state index contributed by atoms with van der Waals surface area (Å²) in [6.45, 7) is 7.87. The fourth-order valence-corrected chi connectivity index (χ4v) is 5.46. The van der Waals surface area contributed by atoms with Crippen LogP contribution >= 0.6 is 0 Å². The van der Waals surface area contributed by atoms with Crippen molar-refractivity contribution in [3.8, 4) is 0 Å². The van der Waals surface area contributed by atoms with Gasteiger partial charge in [0.2, 0.25) is 0 Å². The maximum atomic E-state index is 11.0. The smallest absolute Gasteiger partial charge is 0.124 e. The van der Waals surface area contributed by atoms with Gasteiger partial charge in [0.05, 0.1) is 17.3 Å². The molecule has 1 saturated heterocycles. The molecule has 4 nitrogen and oxygen atoms in total. The van der Waals surface area contributed by atoms with Gasteiger partial charge in [0.25, 0.3) is 0 Å². The van der Waals surface area contributed by atoms with Crippen LogP contribution < -0.4 is 0 Å². The molecule has 122 valence electrons. The van der Waals surface area contributed by atoms with Gasteiger partial charge in [-0.15, -0.1) is 0 Å². The molecular weight excluding hydrogens is 268 g/mol. The van der Waals surface area contributed by atoms with Gasteiger partial charge in [-0.1, -0.05) is 0 Å². The Morgan fingerprint density at radius 2 is 2.00 bits per heavy atom. The lowest BCUT2D eigenvalue weighted by atomic mass is 9.51. The van der Waals surface area contributed by atoms with E-state index in [0.717, 1.165) is 19.3 Å². The van der Waals surface area contributed by atoms with Crippen LogP contribution in [0.4, 0.5) is 0 Å². The van der Waals surface area contributed by atoms with Gasteiger partial charge in [-0.05, 0) is 65.7 Å². The molecule has 0 amide bonds. The molecule has 0 aromatic rings.